The monoisotopic (exact) mass is 444 g/mol. The molecule has 2 heterocycles. The van der Waals surface area contributed by atoms with Gasteiger partial charge >= 0.3 is 0 Å². The van der Waals surface area contributed by atoms with Gasteiger partial charge in [-0.1, -0.05) is 23.7 Å². The molecule has 1 aliphatic rings. The largest absolute Gasteiger partial charge is 0.322 e. The van der Waals surface area contributed by atoms with Crippen LogP contribution in [0.15, 0.2) is 65.8 Å². The third-order valence-electron chi connectivity index (χ3n) is 4.97. The summed E-state index contributed by atoms with van der Waals surface area (Å²) in [6.45, 7) is 1.56. The van der Waals surface area contributed by atoms with Crippen LogP contribution in [-0.2, 0) is 16.6 Å². The van der Waals surface area contributed by atoms with E-state index in [1.165, 1.54) is 22.5 Å². The first-order valence-corrected chi connectivity index (χ1v) is 11.4. The van der Waals surface area contributed by atoms with E-state index in [1.807, 2.05) is 30.5 Å². The van der Waals surface area contributed by atoms with Gasteiger partial charge in [0.15, 0.2) is 0 Å². The predicted molar refractivity (Wildman–Crippen MR) is 115 cm³/mol. The number of hydrogen-bond donors (Lipinski definition) is 1. The Morgan fingerprint density at radius 1 is 1.10 bits per heavy atom. The van der Waals surface area contributed by atoms with E-state index >= 15 is 0 Å². The highest BCUT2D eigenvalue weighted by atomic mass is 35.5. The molecule has 0 radical (unpaired) electrons. The highest BCUT2D eigenvalue weighted by molar-refractivity contribution is 7.89. The maximum atomic E-state index is 12.8. The number of anilines is 1. The molecule has 2 aromatic carbocycles. The van der Waals surface area contributed by atoms with Gasteiger partial charge in [-0.05, 0) is 54.8 Å². The summed E-state index contributed by atoms with van der Waals surface area (Å²) in [6.07, 6.45) is 5.25. The molecule has 0 saturated carbocycles. The molecule has 4 rings (SSSR count). The van der Waals surface area contributed by atoms with Crippen LogP contribution < -0.4 is 5.32 Å². The topological polar surface area (TPSA) is 84.3 Å². The number of nitrogens with zero attached hydrogens (tertiary/aromatic N) is 3. The normalized spacial score (nSPS) is 14.7. The number of aromatic nitrogens is 2. The van der Waals surface area contributed by atoms with Crippen molar-refractivity contribution in [2.45, 2.75) is 24.3 Å². The smallest absolute Gasteiger partial charge is 0.257 e. The number of nitrogens with one attached hydrogen (secondary N) is 1. The first kappa shape index (κ1) is 20.6. The van der Waals surface area contributed by atoms with Gasteiger partial charge in [0.05, 0.1) is 22.0 Å². The zero-order valence-corrected chi connectivity index (χ0v) is 17.7. The molecule has 7 nitrogen and oxygen atoms in total. The van der Waals surface area contributed by atoms with Crippen molar-refractivity contribution in [1.29, 1.82) is 0 Å². The fourth-order valence-electron chi connectivity index (χ4n) is 3.44. The van der Waals surface area contributed by atoms with Gasteiger partial charge in [-0.3, -0.25) is 9.48 Å². The number of hydrogen-bond acceptors (Lipinski definition) is 4. The zero-order valence-electron chi connectivity index (χ0n) is 16.2. The second kappa shape index (κ2) is 8.59. The second-order valence-electron chi connectivity index (χ2n) is 7.11. The molecule has 0 aliphatic carbocycles. The lowest BCUT2D eigenvalue weighted by molar-refractivity contribution is 0.102. The molecule has 1 N–H and O–H groups in total. The molecule has 1 amide bonds. The molecule has 156 valence electrons. The van der Waals surface area contributed by atoms with Gasteiger partial charge in [-0.25, -0.2) is 8.42 Å². The van der Waals surface area contributed by atoms with Crippen molar-refractivity contribution in [3.05, 3.63) is 77.1 Å². The lowest BCUT2D eigenvalue weighted by Crippen LogP contribution is -2.28. The number of carbonyl (C=O) groups excluding carboxylic acids is 1. The lowest BCUT2D eigenvalue weighted by atomic mass is 10.1. The van der Waals surface area contributed by atoms with Crippen LogP contribution in [0.5, 0.6) is 0 Å². The quantitative estimate of drug-likeness (QED) is 0.629. The fourth-order valence-corrected chi connectivity index (χ4v) is 5.19. The fraction of sp³-hybridized carbons (Fsp3) is 0.238. The average molecular weight is 445 g/mol. The van der Waals surface area contributed by atoms with Gasteiger partial charge in [0.25, 0.3) is 5.91 Å². The average Bonchev–Trinajstić information content (AvgIpc) is 3.43. The van der Waals surface area contributed by atoms with Gasteiger partial charge in [0.1, 0.15) is 0 Å². The van der Waals surface area contributed by atoms with Crippen molar-refractivity contribution >= 4 is 33.2 Å². The Balaban J connectivity index is 1.55. The molecule has 1 aromatic heterocycles. The Morgan fingerprint density at radius 2 is 1.90 bits per heavy atom. The van der Waals surface area contributed by atoms with E-state index in [1.54, 1.807) is 16.9 Å². The Kier molecular flexibility index (Phi) is 5.90. The van der Waals surface area contributed by atoms with Crippen molar-refractivity contribution in [1.82, 2.24) is 14.1 Å². The third kappa shape index (κ3) is 4.40. The van der Waals surface area contributed by atoms with Crippen molar-refractivity contribution in [2.24, 2.45) is 0 Å². The van der Waals surface area contributed by atoms with Crippen LogP contribution in [-0.4, -0.2) is 41.5 Å². The van der Waals surface area contributed by atoms with Crippen molar-refractivity contribution in [2.75, 3.05) is 18.4 Å². The third-order valence-corrected chi connectivity index (χ3v) is 7.20. The van der Waals surface area contributed by atoms with Crippen LogP contribution in [0.4, 0.5) is 5.69 Å². The maximum Gasteiger partial charge on any atom is 0.257 e. The van der Waals surface area contributed by atoms with Gasteiger partial charge in [-0.2, -0.15) is 9.40 Å². The minimum absolute atomic E-state index is 0.0754. The zero-order chi connectivity index (χ0) is 21.1. The summed E-state index contributed by atoms with van der Waals surface area (Å²) in [5.41, 5.74) is 1.68. The molecule has 0 bridgehead atoms. The first-order chi connectivity index (χ1) is 14.4. The number of amides is 1. The van der Waals surface area contributed by atoms with Gasteiger partial charge in [0.2, 0.25) is 10.0 Å². The van der Waals surface area contributed by atoms with E-state index in [9.17, 15) is 13.2 Å². The minimum Gasteiger partial charge on any atom is -0.322 e. The van der Waals surface area contributed by atoms with Crippen LogP contribution in [0.3, 0.4) is 0 Å². The highest BCUT2D eigenvalue weighted by Crippen LogP contribution is 2.26. The number of sulfonamides is 1. The molecule has 3 aromatic rings. The number of rotatable bonds is 6. The predicted octanol–water partition coefficient (Wildman–Crippen LogP) is 3.62. The Bertz CT molecular complexity index is 1160. The van der Waals surface area contributed by atoms with Gasteiger partial charge < -0.3 is 5.32 Å². The van der Waals surface area contributed by atoms with Crippen molar-refractivity contribution in [3.8, 4) is 0 Å². The van der Waals surface area contributed by atoms with E-state index in [4.69, 9.17) is 11.6 Å². The number of carbonyl (C=O) groups is 1. The number of halogens is 1. The van der Waals surface area contributed by atoms with Gasteiger partial charge in [-0.15, -0.1) is 0 Å². The van der Waals surface area contributed by atoms with Crippen LogP contribution in [0.25, 0.3) is 0 Å². The standard InChI is InChI=1S/C21H21ClN4O3S/c22-20-8-7-18(30(28,29)26-11-1-2-12-26)14-19(20)21(27)24-17-6-3-5-16(13-17)15-25-10-4-9-23-25/h3-10,13-14H,1-2,11-12,15H2,(H,24,27). The van der Waals surface area contributed by atoms with Crippen molar-refractivity contribution < 1.29 is 13.2 Å². The second-order valence-corrected chi connectivity index (χ2v) is 9.46. The van der Waals surface area contributed by atoms with Gasteiger partial charge in [0, 0.05) is 31.2 Å². The van der Waals surface area contributed by atoms with E-state index < -0.39 is 15.9 Å². The SMILES string of the molecule is O=C(Nc1cccc(Cn2cccn2)c1)c1cc(S(=O)(=O)N2CCCC2)ccc1Cl. The summed E-state index contributed by atoms with van der Waals surface area (Å²) in [5, 5.41) is 7.18. The summed E-state index contributed by atoms with van der Waals surface area (Å²) in [4.78, 5) is 12.9. The molecule has 0 unspecified atom stereocenters. The summed E-state index contributed by atoms with van der Waals surface area (Å²) >= 11 is 6.21. The van der Waals surface area contributed by atoms with Crippen LogP contribution in [0, 0.1) is 0 Å². The Hall–Kier alpha value is -2.68. The van der Waals surface area contributed by atoms with E-state index in [0.29, 0.717) is 25.3 Å². The van der Waals surface area contributed by atoms with Crippen molar-refractivity contribution in [3.63, 3.8) is 0 Å². The molecule has 0 spiro atoms. The summed E-state index contributed by atoms with van der Waals surface area (Å²) < 4.78 is 28.9. The first-order valence-electron chi connectivity index (χ1n) is 9.61. The molecular formula is C21H21ClN4O3S. The molecule has 1 saturated heterocycles. The summed E-state index contributed by atoms with van der Waals surface area (Å²) in [6, 6.07) is 13.5. The molecule has 0 atom stereocenters. The Morgan fingerprint density at radius 3 is 2.63 bits per heavy atom. The maximum absolute atomic E-state index is 12.8. The minimum atomic E-state index is -3.64. The highest BCUT2D eigenvalue weighted by Gasteiger charge is 2.28. The molecular weight excluding hydrogens is 424 g/mol. The molecule has 9 heteroatoms. The van der Waals surface area contributed by atoms with E-state index in [2.05, 4.69) is 10.4 Å². The molecule has 1 fully saturated rings. The molecule has 1 aliphatic heterocycles. The summed E-state index contributed by atoms with van der Waals surface area (Å²) in [7, 11) is -3.64. The number of benzene rings is 2. The van der Waals surface area contributed by atoms with E-state index in [0.717, 1.165) is 18.4 Å². The summed E-state index contributed by atoms with van der Waals surface area (Å²) in [5.74, 6) is -0.463. The van der Waals surface area contributed by atoms with E-state index in [-0.39, 0.29) is 15.5 Å². The van der Waals surface area contributed by atoms with Crippen LogP contribution in [0.2, 0.25) is 5.02 Å². The van der Waals surface area contributed by atoms with Crippen LogP contribution in [0.1, 0.15) is 28.8 Å². The van der Waals surface area contributed by atoms with Crippen LogP contribution >= 0.6 is 11.6 Å². The Labute approximate surface area is 180 Å². The lowest BCUT2D eigenvalue weighted by Gasteiger charge is -2.16. The molecule has 30 heavy (non-hydrogen) atoms.